The molecule has 2 heterocycles. The number of allylic oxidation sites excluding steroid dienone is 3. The Morgan fingerprint density at radius 1 is 1.26 bits per heavy atom. The van der Waals surface area contributed by atoms with E-state index in [9.17, 15) is 9.59 Å². The number of carbonyl (C=O) groups excluding carboxylic acids is 2. The van der Waals surface area contributed by atoms with Crippen LogP contribution in [0.3, 0.4) is 0 Å². The molecule has 144 valence electrons. The zero-order chi connectivity index (χ0) is 20.0. The van der Waals surface area contributed by atoms with Gasteiger partial charge in [-0.2, -0.15) is 0 Å². The smallest absolute Gasteiger partial charge is 0.170 e. The molecule has 0 radical (unpaired) electrons. The minimum absolute atomic E-state index is 0.130. The number of halogens is 1. The van der Waals surface area contributed by atoms with Crippen LogP contribution in [0.25, 0.3) is 0 Å². The van der Waals surface area contributed by atoms with Gasteiger partial charge in [0, 0.05) is 41.7 Å². The predicted octanol–water partition coefficient (Wildman–Crippen LogP) is 3.91. The van der Waals surface area contributed by atoms with Gasteiger partial charge in [0.2, 0.25) is 0 Å². The summed E-state index contributed by atoms with van der Waals surface area (Å²) < 4.78 is 6.89. The van der Waals surface area contributed by atoms with Crippen LogP contribution < -0.4 is 5.73 Å². The Balaban J connectivity index is 0.000000223. The third-order valence-corrected chi connectivity index (χ3v) is 5.33. The van der Waals surface area contributed by atoms with Crippen LogP contribution in [0, 0.1) is 0 Å². The minimum Gasteiger partial charge on any atom is -0.486 e. The summed E-state index contributed by atoms with van der Waals surface area (Å²) in [4.78, 5) is 24.6. The lowest BCUT2D eigenvalue weighted by Gasteiger charge is -2.43. The second kappa shape index (κ2) is 9.15. The minimum atomic E-state index is -0.306. The van der Waals surface area contributed by atoms with E-state index in [1.54, 1.807) is 30.4 Å². The molecule has 3 rings (SSSR count). The van der Waals surface area contributed by atoms with Gasteiger partial charge in [-0.1, -0.05) is 35.2 Å². The Labute approximate surface area is 168 Å². The van der Waals surface area contributed by atoms with Crippen LogP contribution in [-0.4, -0.2) is 42.7 Å². The summed E-state index contributed by atoms with van der Waals surface area (Å²) in [5, 5.41) is 0. The molecular formula is C21H25BrN2O3. The predicted molar refractivity (Wildman–Crippen MR) is 112 cm³/mol. The van der Waals surface area contributed by atoms with Crippen molar-refractivity contribution in [1.82, 2.24) is 4.90 Å². The molecule has 1 aromatic rings. The molecule has 2 N–H and O–H groups in total. The van der Waals surface area contributed by atoms with Crippen LogP contribution in [0.4, 0.5) is 5.69 Å². The SMILES string of the molecule is C=CC1=C(C=C)C(=O)CC2(CCN(C)CC2)O1.Nc1ccc(Br)cc1C=O. The van der Waals surface area contributed by atoms with Gasteiger partial charge < -0.3 is 15.4 Å². The van der Waals surface area contributed by atoms with Crippen molar-refractivity contribution in [3.8, 4) is 0 Å². The quantitative estimate of drug-likeness (QED) is 0.578. The second-order valence-electron chi connectivity index (χ2n) is 6.77. The molecule has 5 nitrogen and oxygen atoms in total. The number of benzene rings is 1. The third-order valence-electron chi connectivity index (χ3n) is 4.84. The van der Waals surface area contributed by atoms with Gasteiger partial charge >= 0.3 is 0 Å². The molecule has 0 saturated carbocycles. The lowest BCUT2D eigenvalue weighted by Crippen LogP contribution is -2.47. The van der Waals surface area contributed by atoms with Crippen LogP contribution in [0.15, 0.2) is 59.3 Å². The lowest BCUT2D eigenvalue weighted by atomic mass is 9.82. The molecule has 1 fully saturated rings. The van der Waals surface area contributed by atoms with Crippen molar-refractivity contribution in [2.75, 3.05) is 25.9 Å². The fraction of sp³-hybridized carbons (Fsp3) is 0.333. The number of ketones is 1. The number of anilines is 1. The zero-order valence-corrected chi connectivity index (χ0v) is 17.1. The molecule has 1 aromatic carbocycles. The molecule has 0 aliphatic carbocycles. The molecule has 2 aliphatic heterocycles. The van der Waals surface area contributed by atoms with Crippen LogP contribution >= 0.6 is 15.9 Å². The van der Waals surface area contributed by atoms with Gasteiger partial charge in [0.15, 0.2) is 12.1 Å². The first-order valence-corrected chi connectivity index (χ1v) is 9.53. The highest BCUT2D eigenvalue weighted by molar-refractivity contribution is 9.10. The fourth-order valence-electron chi connectivity index (χ4n) is 3.17. The summed E-state index contributed by atoms with van der Waals surface area (Å²) in [5.74, 6) is 0.728. The monoisotopic (exact) mass is 432 g/mol. The first-order chi connectivity index (χ1) is 12.8. The highest BCUT2D eigenvalue weighted by atomic mass is 79.9. The number of rotatable bonds is 3. The van der Waals surface area contributed by atoms with Crippen LogP contribution in [0.1, 0.15) is 29.6 Å². The van der Waals surface area contributed by atoms with Gasteiger partial charge in [-0.15, -0.1) is 0 Å². The number of hydrogen-bond donors (Lipinski definition) is 1. The topological polar surface area (TPSA) is 72.6 Å². The summed E-state index contributed by atoms with van der Waals surface area (Å²) in [7, 11) is 2.09. The molecule has 1 saturated heterocycles. The molecule has 2 aliphatic rings. The number of nitrogens with zero attached hydrogens (tertiary/aromatic N) is 1. The molecule has 1 spiro atoms. The van der Waals surface area contributed by atoms with E-state index in [-0.39, 0.29) is 11.4 Å². The summed E-state index contributed by atoms with van der Waals surface area (Å²) in [5.41, 5.74) is 6.75. The third kappa shape index (κ3) is 5.17. The second-order valence-corrected chi connectivity index (χ2v) is 7.68. The lowest BCUT2D eigenvalue weighted by molar-refractivity contribution is -0.127. The number of nitrogen functional groups attached to an aromatic ring is 1. The number of piperidine rings is 1. The van der Waals surface area contributed by atoms with Gasteiger partial charge in [-0.3, -0.25) is 9.59 Å². The van der Waals surface area contributed by atoms with Crippen molar-refractivity contribution in [3.63, 3.8) is 0 Å². The molecule has 0 amide bonds. The Morgan fingerprint density at radius 3 is 2.44 bits per heavy atom. The Bertz CT molecular complexity index is 778. The van der Waals surface area contributed by atoms with Crippen molar-refractivity contribution >= 4 is 33.7 Å². The molecule has 0 bridgehead atoms. The van der Waals surface area contributed by atoms with E-state index in [1.807, 2.05) is 0 Å². The van der Waals surface area contributed by atoms with E-state index in [2.05, 4.69) is 41.0 Å². The maximum absolute atomic E-state index is 12.1. The highest BCUT2D eigenvalue weighted by Crippen LogP contribution is 2.37. The zero-order valence-electron chi connectivity index (χ0n) is 15.5. The average Bonchev–Trinajstić information content (AvgIpc) is 2.66. The van der Waals surface area contributed by atoms with E-state index >= 15 is 0 Å². The van der Waals surface area contributed by atoms with Crippen molar-refractivity contribution < 1.29 is 14.3 Å². The van der Waals surface area contributed by atoms with Crippen LogP contribution in [0.5, 0.6) is 0 Å². The number of carbonyl (C=O) groups is 2. The first-order valence-electron chi connectivity index (χ1n) is 8.74. The van der Waals surface area contributed by atoms with Gasteiger partial charge in [-0.05, 0) is 31.3 Å². The number of aldehydes is 1. The molecule has 27 heavy (non-hydrogen) atoms. The summed E-state index contributed by atoms with van der Waals surface area (Å²) in [6.45, 7) is 9.33. The van der Waals surface area contributed by atoms with Gasteiger partial charge in [-0.25, -0.2) is 0 Å². The van der Waals surface area contributed by atoms with Crippen molar-refractivity contribution in [2.45, 2.75) is 24.9 Å². The van der Waals surface area contributed by atoms with E-state index in [4.69, 9.17) is 10.5 Å². The van der Waals surface area contributed by atoms with Crippen LogP contribution in [0.2, 0.25) is 0 Å². The van der Waals surface area contributed by atoms with Crippen LogP contribution in [-0.2, 0) is 9.53 Å². The Hall–Kier alpha value is -2.18. The molecule has 0 aromatic heterocycles. The number of likely N-dealkylation sites (tertiary alicyclic amines) is 1. The van der Waals surface area contributed by atoms with Crippen molar-refractivity contribution in [2.24, 2.45) is 0 Å². The average molecular weight is 433 g/mol. The van der Waals surface area contributed by atoms with E-state index in [1.165, 1.54) is 0 Å². The largest absolute Gasteiger partial charge is 0.486 e. The normalized spacial score (nSPS) is 19.0. The number of hydrogen-bond acceptors (Lipinski definition) is 5. The van der Waals surface area contributed by atoms with Gasteiger partial charge in [0.1, 0.15) is 11.4 Å². The first kappa shape index (κ1) is 21.1. The number of ether oxygens (including phenoxy) is 1. The van der Waals surface area contributed by atoms with Gasteiger partial charge in [0.05, 0.1) is 12.0 Å². The Kier molecular flexibility index (Phi) is 7.16. The van der Waals surface area contributed by atoms with E-state index in [0.717, 1.165) is 36.7 Å². The van der Waals surface area contributed by atoms with Crippen molar-refractivity contribution in [1.29, 1.82) is 0 Å². The highest BCUT2D eigenvalue weighted by Gasteiger charge is 2.42. The standard InChI is InChI=1S/C14H19NO2.C7H6BrNO/c1-4-11-12(16)10-14(17-13(11)5-2)6-8-15(3)9-7-14;8-6-1-2-7(9)5(3-6)4-10/h4-5H,1-2,6-10H2,3H3;1-4H,9H2. The molecule has 0 unspecified atom stereocenters. The molecule has 6 heteroatoms. The molecular weight excluding hydrogens is 408 g/mol. The number of nitrogens with two attached hydrogens (primary N) is 1. The summed E-state index contributed by atoms with van der Waals surface area (Å²) in [6, 6.07) is 5.17. The van der Waals surface area contributed by atoms with E-state index < -0.39 is 0 Å². The maximum Gasteiger partial charge on any atom is 0.170 e. The number of Topliss-reactive ketones (excluding diaryl/α,β-unsaturated/α-hetero) is 1. The maximum atomic E-state index is 12.1. The summed E-state index contributed by atoms with van der Waals surface area (Å²) >= 11 is 3.22. The summed E-state index contributed by atoms with van der Waals surface area (Å²) in [6.07, 6.45) is 6.20. The fourth-order valence-corrected chi connectivity index (χ4v) is 3.55. The van der Waals surface area contributed by atoms with E-state index in [0.29, 0.717) is 29.0 Å². The van der Waals surface area contributed by atoms with Gasteiger partial charge in [0.25, 0.3) is 0 Å². The Morgan fingerprint density at radius 2 is 1.93 bits per heavy atom. The van der Waals surface area contributed by atoms with Crippen molar-refractivity contribution in [3.05, 3.63) is 64.9 Å². The molecule has 0 atom stereocenters.